The van der Waals surface area contributed by atoms with Crippen molar-refractivity contribution in [2.45, 2.75) is 39.5 Å². The molecule has 1 rings (SSSR count). The van der Waals surface area contributed by atoms with Crippen LogP contribution < -0.4 is 14.8 Å². The third-order valence-electron chi connectivity index (χ3n) is 2.74. The third-order valence-corrected chi connectivity index (χ3v) is 2.74. The Morgan fingerprint density at radius 1 is 1.14 bits per heavy atom. The Morgan fingerprint density at radius 3 is 2.52 bits per heavy atom. The zero-order chi connectivity index (χ0) is 15.7. The first-order valence-electron chi connectivity index (χ1n) is 7.39. The van der Waals surface area contributed by atoms with E-state index in [1.807, 2.05) is 46.0 Å². The molecule has 0 aliphatic carbocycles. The van der Waals surface area contributed by atoms with E-state index in [4.69, 9.17) is 14.2 Å². The summed E-state index contributed by atoms with van der Waals surface area (Å²) < 4.78 is 16.6. The summed E-state index contributed by atoms with van der Waals surface area (Å²) in [5.74, 6) is 1.34. The molecule has 0 aliphatic rings. The molecule has 2 N–H and O–H groups in total. The van der Waals surface area contributed by atoms with Gasteiger partial charge in [-0.2, -0.15) is 0 Å². The van der Waals surface area contributed by atoms with E-state index in [0.717, 1.165) is 12.1 Å². The van der Waals surface area contributed by atoms with Crippen molar-refractivity contribution in [3.05, 3.63) is 23.8 Å². The Hall–Kier alpha value is -1.30. The second-order valence-corrected chi connectivity index (χ2v) is 5.09. The molecular formula is C16H27NO4. The normalized spacial score (nSPS) is 12.5. The van der Waals surface area contributed by atoms with E-state index < -0.39 is 6.10 Å². The number of hydrogen-bond acceptors (Lipinski definition) is 5. The summed E-state index contributed by atoms with van der Waals surface area (Å²) in [6, 6.07) is 5.80. The maximum atomic E-state index is 9.82. The lowest BCUT2D eigenvalue weighted by Gasteiger charge is -2.17. The van der Waals surface area contributed by atoms with Crippen molar-refractivity contribution in [2.75, 3.05) is 26.9 Å². The van der Waals surface area contributed by atoms with E-state index in [1.165, 1.54) is 0 Å². The van der Waals surface area contributed by atoms with Crippen LogP contribution in [-0.2, 0) is 11.3 Å². The Bertz CT molecular complexity index is 409. The molecule has 0 saturated heterocycles. The highest BCUT2D eigenvalue weighted by Gasteiger charge is 2.11. The van der Waals surface area contributed by atoms with E-state index in [1.54, 1.807) is 0 Å². The summed E-state index contributed by atoms with van der Waals surface area (Å²) in [6.45, 7) is 7.57. The summed E-state index contributed by atoms with van der Waals surface area (Å²) in [5, 5.41) is 12.9. The molecule has 0 saturated carbocycles. The van der Waals surface area contributed by atoms with Gasteiger partial charge in [0.15, 0.2) is 11.5 Å². The van der Waals surface area contributed by atoms with Crippen molar-refractivity contribution in [2.24, 2.45) is 0 Å². The first kappa shape index (κ1) is 17.8. The van der Waals surface area contributed by atoms with Crippen molar-refractivity contribution < 1.29 is 19.3 Å². The second kappa shape index (κ2) is 9.60. The SMILES string of the molecule is CCOc1cc(CNC)ccc1OCC(O)COC(C)C. The predicted octanol–water partition coefficient (Wildman–Crippen LogP) is 1.97. The summed E-state index contributed by atoms with van der Waals surface area (Å²) in [7, 11) is 1.90. The van der Waals surface area contributed by atoms with E-state index in [-0.39, 0.29) is 19.3 Å². The van der Waals surface area contributed by atoms with E-state index in [0.29, 0.717) is 18.1 Å². The van der Waals surface area contributed by atoms with Crippen LogP contribution in [0.5, 0.6) is 11.5 Å². The topological polar surface area (TPSA) is 60.0 Å². The second-order valence-electron chi connectivity index (χ2n) is 5.09. The van der Waals surface area contributed by atoms with Crippen LogP contribution in [0.2, 0.25) is 0 Å². The van der Waals surface area contributed by atoms with Gasteiger partial charge in [-0.25, -0.2) is 0 Å². The smallest absolute Gasteiger partial charge is 0.161 e. The molecule has 1 atom stereocenters. The average molecular weight is 297 g/mol. The van der Waals surface area contributed by atoms with Crippen LogP contribution in [0.3, 0.4) is 0 Å². The van der Waals surface area contributed by atoms with Gasteiger partial charge in [0.2, 0.25) is 0 Å². The molecule has 5 nitrogen and oxygen atoms in total. The lowest BCUT2D eigenvalue weighted by Crippen LogP contribution is -2.25. The molecule has 0 bridgehead atoms. The monoisotopic (exact) mass is 297 g/mol. The van der Waals surface area contributed by atoms with Gasteiger partial charge in [-0.05, 0) is 45.5 Å². The maximum absolute atomic E-state index is 9.82. The quantitative estimate of drug-likeness (QED) is 0.691. The summed E-state index contributed by atoms with van der Waals surface area (Å²) >= 11 is 0. The molecule has 0 fully saturated rings. The molecule has 0 amide bonds. The third kappa shape index (κ3) is 6.80. The van der Waals surface area contributed by atoms with Gasteiger partial charge in [0.05, 0.1) is 19.3 Å². The molecule has 5 heteroatoms. The highest BCUT2D eigenvalue weighted by atomic mass is 16.5. The number of ether oxygens (including phenoxy) is 3. The molecule has 1 aromatic rings. The Balaban J connectivity index is 2.60. The molecule has 0 radical (unpaired) electrons. The first-order valence-corrected chi connectivity index (χ1v) is 7.39. The zero-order valence-corrected chi connectivity index (χ0v) is 13.4. The van der Waals surface area contributed by atoms with E-state index in [2.05, 4.69) is 5.32 Å². The molecular weight excluding hydrogens is 270 g/mol. The lowest BCUT2D eigenvalue weighted by molar-refractivity contribution is -0.0126. The fourth-order valence-corrected chi connectivity index (χ4v) is 1.79. The summed E-state index contributed by atoms with van der Waals surface area (Å²) in [4.78, 5) is 0. The van der Waals surface area contributed by atoms with Crippen molar-refractivity contribution in [3.63, 3.8) is 0 Å². The Labute approximate surface area is 127 Å². The fraction of sp³-hybridized carbons (Fsp3) is 0.625. The number of rotatable bonds is 10. The van der Waals surface area contributed by atoms with Gasteiger partial charge in [-0.3, -0.25) is 0 Å². The highest BCUT2D eigenvalue weighted by molar-refractivity contribution is 5.43. The van der Waals surface area contributed by atoms with Crippen molar-refractivity contribution in [3.8, 4) is 11.5 Å². The number of hydrogen-bond donors (Lipinski definition) is 2. The van der Waals surface area contributed by atoms with Gasteiger partial charge in [0.25, 0.3) is 0 Å². The highest BCUT2D eigenvalue weighted by Crippen LogP contribution is 2.28. The van der Waals surface area contributed by atoms with Crippen LogP contribution in [0.4, 0.5) is 0 Å². The van der Waals surface area contributed by atoms with E-state index in [9.17, 15) is 5.11 Å². The minimum absolute atomic E-state index is 0.0967. The van der Waals surface area contributed by atoms with Gasteiger partial charge in [-0.15, -0.1) is 0 Å². The molecule has 0 aromatic heterocycles. The van der Waals surface area contributed by atoms with Gasteiger partial charge in [0.1, 0.15) is 12.7 Å². The van der Waals surface area contributed by atoms with Crippen LogP contribution in [-0.4, -0.2) is 44.2 Å². The van der Waals surface area contributed by atoms with Crippen molar-refractivity contribution in [1.29, 1.82) is 0 Å². The van der Waals surface area contributed by atoms with Crippen LogP contribution in [0.25, 0.3) is 0 Å². The molecule has 1 unspecified atom stereocenters. The summed E-state index contributed by atoms with van der Waals surface area (Å²) in [6.07, 6.45) is -0.557. The fourth-order valence-electron chi connectivity index (χ4n) is 1.79. The van der Waals surface area contributed by atoms with Crippen molar-refractivity contribution in [1.82, 2.24) is 5.32 Å². The van der Waals surface area contributed by atoms with E-state index >= 15 is 0 Å². The van der Waals surface area contributed by atoms with Crippen LogP contribution in [0.15, 0.2) is 18.2 Å². The molecule has 1 aromatic carbocycles. The molecule has 0 aliphatic heterocycles. The zero-order valence-electron chi connectivity index (χ0n) is 13.4. The van der Waals surface area contributed by atoms with Gasteiger partial charge in [-0.1, -0.05) is 6.07 Å². The Kier molecular flexibility index (Phi) is 8.12. The maximum Gasteiger partial charge on any atom is 0.161 e. The average Bonchev–Trinajstić information content (AvgIpc) is 2.45. The van der Waals surface area contributed by atoms with Gasteiger partial charge < -0.3 is 24.6 Å². The Morgan fingerprint density at radius 2 is 1.90 bits per heavy atom. The minimum atomic E-state index is -0.654. The number of aliphatic hydroxyl groups is 1. The largest absolute Gasteiger partial charge is 0.490 e. The molecule has 0 spiro atoms. The summed E-state index contributed by atoms with van der Waals surface area (Å²) in [5.41, 5.74) is 1.12. The number of aliphatic hydroxyl groups excluding tert-OH is 1. The molecule has 0 heterocycles. The molecule has 21 heavy (non-hydrogen) atoms. The minimum Gasteiger partial charge on any atom is -0.490 e. The number of benzene rings is 1. The van der Waals surface area contributed by atoms with Crippen molar-refractivity contribution >= 4 is 0 Å². The van der Waals surface area contributed by atoms with Crippen LogP contribution in [0.1, 0.15) is 26.3 Å². The van der Waals surface area contributed by atoms with Crippen LogP contribution >= 0.6 is 0 Å². The predicted molar refractivity (Wildman–Crippen MR) is 83.0 cm³/mol. The molecule has 120 valence electrons. The number of nitrogens with one attached hydrogen (secondary N) is 1. The van der Waals surface area contributed by atoms with Gasteiger partial charge >= 0.3 is 0 Å². The van der Waals surface area contributed by atoms with Gasteiger partial charge in [0, 0.05) is 6.54 Å². The lowest BCUT2D eigenvalue weighted by atomic mass is 10.2. The standard InChI is InChI=1S/C16H27NO4/c1-5-19-16-8-13(9-17-4)6-7-15(16)21-11-14(18)10-20-12(2)3/h6-8,12,14,17-18H,5,9-11H2,1-4H3. The first-order chi connectivity index (χ1) is 10.1. The van der Waals surface area contributed by atoms with Crippen LogP contribution in [0, 0.1) is 0 Å².